The number of para-hydroxylation sites is 1. The molecule has 0 bridgehead atoms. The van der Waals surface area contributed by atoms with Crippen LogP contribution < -0.4 is 10.5 Å². The Labute approximate surface area is 144 Å². The molecule has 0 aromatic heterocycles. The van der Waals surface area contributed by atoms with Gasteiger partial charge in [-0.25, -0.2) is 0 Å². The van der Waals surface area contributed by atoms with Gasteiger partial charge in [-0.1, -0.05) is 55.5 Å². The summed E-state index contributed by atoms with van der Waals surface area (Å²) in [4.78, 5) is 14.3. The Bertz CT molecular complexity index is 616. The molecule has 0 aliphatic carbocycles. The van der Waals surface area contributed by atoms with Crippen molar-refractivity contribution in [2.24, 2.45) is 11.7 Å². The van der Waals surface area contributed by atoms with Crippen LogP contribution in [-0.2, 0) is 4.79 Å². The summed E-state index contributed by atoms with van der Waals surface area (Å²) in [7, 11) is 1.82. The van der Waals surface area contributed by atoms with Crippen molar-refractivity contribution in [2.45, 2.75) is 19.4 Å². The van der Waals surface area contributed by atoms with Crippen molar-refractivity contribution in [1.82, 2.24) is 4.90 Å². The molecule has 0 radical (unpaired) electrons. The van der Waals surface area contributed by atoms with E-state index in [2.05, 4.69) is 0 Å². The van der Waals surface area contributed by atoms with Crippen molar-refractivity contribution in [1.29, 1.82) is 0 Å². The van der Waals surface area contributed by atoms with Gasteiger partial charge in [-0.3, -0.25) is 4.79 Å². The first kappa shape index (κ1) is 18.0. The Morgan fingerprint density at radius 1 is 1.08 bits per heavy atom. The largest absolute Gasteiger partial charge is 0.494 e. The molecular formula is C20H26N2O2. The fourth-order valence-corrected chi connectivity index (χ4v) is 2.58. The Morgan fingerprint density at radius 3 is 2.29 bits per heavy atom. The van der Waals surface area contributed by atoms with Crippen molar-refractivity contribution in [3.05, 3.63) is 66.2 Å². The third-order valence-electron chi connectivity index (χ3n) is 4.14. The van der Waals surface area contributed by atoms with Crippen LogP contribution in [0.4, 0.5) is 0 Å². The number of amides is 1. The van der Waals surface area contributed by atoms with Crippen molar-refractivity contribution in [2.75, 3.05) is 20.2 Å². The lowest BCUT2D eigenvalue weighted by Gasteiger charge is -2.25. The van der Waals surface area contributed by atoms with E-state index in [9.17, 15) is 4.79 Å². The number of hydrogen-bond acceptors (Lipinski definition) is 3. The molecular weight excluding hydrogens is 300 g/mol. The Kier molecular flexibility index (Phi) is 6.82. The normalized spacial score (nSPS) is 13.1. The van der Waals surface area contributed by atoms with Crippen LogP contribution in [0, 0.1) is 5.92 Å². The molecule has 2 unspecified atom stereocenters. The minimum atomic E-state index is -0.290. The molecule has 2 aromatic carbocycles. The second-order valence-corrected chi connectivity index (χ2v) is 6.00. The standard InChI is InChI=1S/C20H26N2O2/c1-16(19(21)17-10-5-3-6-11-17)20(23)22(2)14-9-15-24-18-12-7-4-8-13-18/h3-8,10-13,16,19H,9,14-15,21H2,1-2H3. The zero-order valence-electron chi connectivity index (χ0n) is 14.4. The maximum Gasteiger partial charge on any atom is 0.227 e. The quantitative estimate of drug-likeness (QED) is 0.758. The molecule has 128 valence electrons. The van der Waals surface area contributed by atoms with Crippen LogP contribution >= 0.6 is 0 Å². The first-order valence-electron chi connectivity index (χ1n) is 8.33. The highest BCUT2D eigenvalue weighted by Crippen LogP contribution is 2.20. The fraction of sp³-hybridized carbons (Fsp3) is 0.350. The highest BCUT2D eigenvalue weighted by Gasteiger charge is 2.24. The van der Waals surface area contributed by atoms with Crippen LogP contribution in [0.1, 0.15) is 24.9 Å². The maximum atomic E-state index is 12.5. The van der Waals surface area contributed by atoms with Crippen LogP contribution in [0.15, 0.2) is 60.7 Å². The lowest BCUT2D eigenvalue weighted by atomic mass is 9.94. The molecule has 2 aromatic rings. The van der Waals surface area contributed by atoms with Gasteiger partial charge in [0.25, 0.3) is 0 Å². The Hall–Kier alpha value is -2.33. The lowest BCUT2D eigenvalue weighted by molar-refractivity contribution is -0.134. The summed E-state index contributed by atoms with van der Waals surface area (Å²) < 4.78 is 5.65. The number of hydrogen-bond donors (Lipinski definition) is 1. The second-order valence-electron chi connectivity index (χ2n) is 6.00. The van der Waals surface area contributed by atoms with Gasteiger partial charge in [-0.05, 0) is 24.1 Å². The minimum absolute atomic E-state index is 0.0612. The molecule has 2 N–H and O–H groups in total. The van der Waals surface area contributed by atoms with E-state index in [4.69, 9.17) is 10.5 Å². The van der Waals surface area contributed by atoms with Gasteiger partial charge in [0, 0.05) is 19.6 Å². The number of carbonyl (C=O) groups is 1. The highest BCUT2D eigenvalue weighted by molar-refractivity contribution is 5.79. The van der Waals surface area contributed by atoms with Crippen molar-refractivity contribution >= 4 is 5.91 Å². The molecule has 0 heterocycles. The van der Waals surface area contributed by atoms with Crippen LogP contribution in [0.5, 0.6) is 5.75 Å². The van der Waals surface area contributed by atoms with Crippen LogP contribution in [-0.4, -0.2) is 31.0 Å². The maximum absolute atomic E-state index is 12.5. The molecule has 2 atom stereocenters. The molecule has 24 heavy (non-hydrogen) atoms. The summed E-state index contributed by atoms with van der Waals surface area (Å²) in [5, 5.41) is 0. The van der Waals surface area contributed by atoms with E-state index < -0.39 is 0 Å². The number of carbonyl (C=O) groups excluding carboxylic acids is 1. The molecule has 0 saturated heterocycles. The van der Waals surface area contributed by atoms with Gasteiger partial charge in [-0.15, -0.1) is 0 Å². The second kappa shape index (κ2) is 9.08. The van der Waals surface area contributed by atoms with E-state index in [1.807, 2.05) is 74.6 Å². The average molecular weight is 326 g/mol. The van der Waals surface area contributed by atoms with Gasteiger partial charge in [0.15, 0.2) is 0 Å². The van der Waals surface area contributed by atoms with E-state index in [1.54, 1.807) is 4.90 Å². The third-order valence-corrected chi connectivity index (χ3v) is 4.14. The van der Waals surface area contributed by atoms with E-state index >= 15 is 0 Å². The molecule has 0 aliphatic rings. The molecule has 4 nitrogen and oxygen atoms in total. The summed E-state index contributed by atoms with van der Waals surface area (Å²) in [5.74, 6) is 0.657. The molecule has 4 heteroatoms. The van der Waals surface area contributed by atoms with Gasteiger partial charge in [0.05, 0.1) is 12.5 Å². The zero-order chi connectivity index (χ0) is 17.4. The molecule has 1 amide bonds. The molecule has 0 fully saturated rings. The highest BCUT2D eigenvalue weighted by atomic mass is 16.5. The number of ether oxygens (including phenoxy) is 1. The van der Waals surface area contributed by atoms with Gasteiger partial charge in [-0.2, -0.15) is 0 Å². The molecule has 0 saturated carbocycles. The van der Waals surface area contributed by atoms with Crippen LogP contribution in [0.3, 0.4) is 0 Å². The number of nitrogens with two attached hydrogens (primary N) is 1. The van der Waals surface area contributed by atoms with Crippen LogP contribution in [0.2, 0.25) is 0 Å². The minimum Gasteiger partial charge on any atom is -0.494 e. The van der Waals surface area contributed by atoms with Crippen molar-refractivity contribution < 1.29 is 9.53 Å². The number of rotatable bonds is 8. The fourth-order valence-electron chi connectivity index (χ4n) is 2.58. The summed E-state index contributed by atoms with van der Waals surface area (Å²) in [6, 6.07) is 19.2. The number of nitrogens with zero attached hydrogens (tertiary/aromatic N) is 1. The summed E-state index contributed by atoms with van der Waals surface area (Å²) in [6.45, 7) is 3.12. The lowest BCUT2D eigenvalue weighted by Crippen LogP contribution is -2.37. The van der Waals surface area contributed by atoms with E-state index in [-0.39, 0.29) is 17.9 Å². The predicted molar refractivity (Wildman–Crippen MR) is 96.7 cm³/mol. The monoisotopic (exact) mass is 326 g/mol. The molecule has 0 spiro atoms. The topological polar surface area (TPSA) is 55.6 Å². The van der Waals surface area contributed by atoms with Crippen LogP contribution in [0.25, 0.3) is 0 Å². The van der Waals surface area contributed by atoms with E-state index in [0.29, 0.717) is 13.2 Å². The smallest absolute Gasteiger partial charge is 0.227 e. The first-order valence-corrected chi connectivity index (χ1v) is 8.33. The predicted octanol–water partition coefficient (Wildman–Crippen LogP) is 3.25. The van der Waals surface area contributed by atoms with Gasteiger partial charge < -0.3 is 15.4 Å². The Balaban J connectivity index is 1.77. The Morgan fingerprint density at radius 2 is 1.67 bits per heavy atom. The van der Waals surface area contributed by atoms with Gasteiger partial charge in [0.1, 0.15) is 5.75 Å². The van der Waals surface area contributed by atoms with Crippen molar-refractivity contribution in [3.63, 3.8) is 0 Å². The number of benzene rings is 2. The zero-order valence-corrected chi connectivity index (χ0v) is 14.4. The SMILES string of the molecule is CC(C(=O)N(C)CCCOc1ccccc1)C(N)c1ccccc1. The molecule has 0 aliphatic heterocycles. The van der Waals surface area contributed by atoms with E-state index in [0.717, 1.165) is 17.7 Å². The van der Waals surface area contributed by atoms with Gasteiger partial charge >= 0.3 is 0 Å². The van der Waals surface area contributed by atoms with Crippen molar-refractivity contribution in [3.8, 4) is 5.75 Å². The summed E-state index contributed by atoms with van der Waals surface area (Å²) in [6.07, 6.45) is 0.782. The summed E-state index contributed by atoms with van der Waals surface area (Å²) >= 11 is 0. The summed E-state index contributed by atoms with van der Waals surface area (Å²) in [5.41, 5.74) is 7.22. The first-order chi connectivity index (χ1) is 11.6. The average Bonchev–Trinajstić information content (AvgIpc) is 2.64. The third kappa shape index (κ3) is 5.10. The van der Waals surface area contributed by atoms with E-state index in [1.165, 1.54) is 0 Å². The molecule has 2 rings (SSSR count). The van der Waals surface area contributed by atoms with Gasteiger partial charge in [0.2, 0.25) is 5.91 Å².